The lowest BCUT2D eigenvalue weighted by molar-refractivity contribution is 0.0144. The van der Waals surface area contributed by atoms with Crippen LogP contribution in [0, 0.1) is 11.6 Å². The molecule has 0 unspecified atom stereocenters. The number of halogens is 2. The third kappa shape index (κ3) is 9.99. The van der Waals surface area contributed by atoms with Crippen LogP contribution in [-0.4, -0.2) is 74.6 Å². The molecule has 50 heavy (non-hydrogen) atoms. The Balaban J connectivity index is 1.14. The molecule has 0 radical (unpaired) electrons. The first-order valence-corrected chi connectivity index (χ1v) is 18.6. The van der Waals surface area contributed by atoms with Crippen LogP contribution in [0.15, 0.2) is 84.9 Å². The molecule has 1 aliphatic heterocycles. The Morgan fingerprint density at radius 2 is 1.12 bits per heavy atom. The van der Waals surface area contributed by atoms with Gasteiger partial charge in [-0.3, -0.25) is 14.3 Å². The number of nitrogens with one attached hydrogen (secondary N) is 2. The number of ether oxygens (including phenoxy) is 1. The molecule has 1 saturated heterocycles. The van der Waals surface area contributed by atoms with Crippen LogP contribution in [0.3, 0.4) is 0 Å². The summed E-state index contributed by atoms with van der Waals surface area (Å²) in [6.45, 7) is 1.16. The Morgan fingerprint density at radius 3 is 1.60 bits per heavy atom. The first-order valence-electron chi connectivity index (χ1n) is 15.3. The van der Waals surface area contributed by atoms with Gasteiger partial charge >= 0.3 is 11.9 Å². The van der Waals surface area contributed by atoms with Crippen LogP contribution in [0.25, 0.3) is 0 Å². The first-order chi connectivity index (χ1) is 23.6. The fraction of sp³-hybridized carbons (Fsp3) is 0.235. The van der Waals surface area contributed by atoms with E-state index in [1.165, 1.54) is 78.9 Å². The van der Waals surface area contributed by atoms with Crippen molar-refractivity contribution in [3.05, 3.63) is 124 Å². The zero-order valence-corrected chi connectivity index (χ0v) is 28.0. The van der Waals surface area contributed by atoms with Crippen molar-refractivity contribution in [2.75, 3.05) is 34.0 Å². The summed E-state index contributed by atoms with van der Waals surface area (Å²) in [7, 11) is -7.85. The third-order valence-corrected chi connectivity index (χ3v) is 10.4. The molecular formula is C34H33F2N3O9S2. The minimum atomic E-state index is -3.94. The van der Waals surface area contributed by atoms with E-state index >= 15 is 0 Å². The third-order valence-electron chi connectivity index (χ3n) is 7.84. The summed E-state index contributed by atoms with van der Waals surface area (Å²) in [5, 5.41) is 19.5. The Morgan fingerprint density at radius 1 is 0.680 bits per heavy atom. The molecule has 1 fully saturated rings. The van der Waals surface area contributed by atoms with E-state index in [0.717, 1.165) is 0 Å². The van der Waals surface area contributed by atoms with E-state index in [-0.39, 0.29) is 58.7 Å². The van der Waals surface area contributed by atoms with Crippen LogP contribution in [0.1, 0.15) is 37.4 Å². The minimum absolute atomic E-state index is 0.0852. The van der Waals surface area contributed by atoms with Crippen molar-refractivity contribution in [3.63, 3.8) is 0 Å². The number of anilines is 2. The molecular weight excluding hydrogens is 697 g/mol. The molecule has 16 heteroatoms. The standard InChI is InChI=1S/C34H33F2N3O9S2/c35-25-6-1-22(2-7-25)13-15-49(44,45)37-31-11-5-24(17-29(31)33(40)41)19-39-20-28(21-39)48-27-10-12-32(30(18-27)34(42)43)38-50(46,47)16-14-23-3-8-26(36)9-4-23/h1-12,17-18,28,37-38H,13-16,19-21H2,(H,40,41)(H,42,43). The molecule has 0 amide bonds. The molecule has 0 aliphatic carbocycles. The number of rotatable bonds is 16. The second-order valence-electron chi connectivity index (χ2n) is 11.7. The molecule has 0 atom stereocenters. The van der Waals surface area contributed by atoms with Crippen LogP contribution < -0.4 is 14.2 Å². The maximum atomic E-state index is 13.1. The van der Waals surface area contributed by atoms with Gasteiger partial charge in [0.1, 0.15) is 23.5 Å². The van der Waals surface area contributed by atoms with Crippen LogP contribution >= 0.6 is 0 Å². The summed E-state index contributed by atoms with van der Waals surface area (Å²) < 4.78 is 87.4. The predicted octanol–water partition coefficient (Wildman–Crippen LogP) is 4.59. The minimum Gasteiger partial charge on any atom is -0.488 e. The molecule has 0 saturated carbocycles. The molecule has 264 valence electrons. The molecule has 4 aromatic rings. The highest BCUT2D eigenvalue weighted by molar-refractivity contribution is 7.93. The van der Waals surface area contributed by atoms with Gasteiger partial charge in [-0.15, -0.1) is 0 Å². The number of carbonyl (C=O) groups is 2. The predicted molar refractivity (Wildman–Crippen MR) is 182 cm³/mol. The number of carboxylic acids is 2. The van der Waals surface area contributed by atoms with Crippen molar-refractivity contribution in [2.24, 2.45) is 0 Å². The van der Waals surface area contributed by atoms with Crippen molar-refractivity contribution in [3.8, 4) is 5.75 Å². The first kappa shape index (κ1) is 36.2. The van der Waals surface area contributed by atoms with Gasteiger partial charge in [-0.2, -0.15) is 0 Å². The van der Waals surface area contributed by atoms with Crippen LogP contribution in [0.5, 0.6) is 5.75 Å². The number of aromatic carboxylic acids is 2. The van der Waals surface area contributed by atoms with Crippen LogP contribution in [-0.2, 0) is 39.4 Å². The van der Waals surface area contributed by atoms with E-state index in [1.54, 1.807) is 6.07 Å². The normalized spacial score (nSPS) is 13.7. The summed E-state index contributed by atoms with van der Waals surface area (Å²) in [6.07, 6.45) is -0.131. The number of likely N-dealkylation sites (tertiary alicyclic amines) is 1. The molecule has 0 spiro atoms. The highest BCUT2D eigenvalue weighted by Gasteiger charge is 2.29. The Bertz CT molecular complexity index is 1940. The fourth-order valence-corrected chi connectivity index (χ4v) is 7.48. The van der Waals surface area contributed by atoms with Gasteiger partial charge < -0.3 is 14.9 Å². The van der Waals surface area contributed by atoms with Gasteiger partial charge in [0.15, 0.2) is 0 Å². The summed E-state index contributed by atoms with van der Waals surface area (Å²) >= 11 is 0. The zero-order valence-electron chi connectivity index (χ0n) is 26.4. The lowest BCUT2D eigenvalue weighted by atomic mass is 10.1. The van der Waals surface area contributed by atoms with Gasteiger partial charge in [-0.05, 0) is 84.1 Å². The number of nitrogens with zero attached hydrogens (tertiary/aromatic N) is 1. The highest BCUT2D eigenvalue weighted by atomic mass is 32.2. The molecule has 1 heterocycles. The Hall–Kier alpha value is -5.06. The maximum absolute atomic E-state index is 13.1. The van der Waals surface area contributed by atoms with Gasteiger partial charge in [0.25, 0.3) is 0 Å². The number of carboxylic acid groups (broad SMARTS) is 2. The fourth-order valence-electron chi connectivity index (χ4n) is 5.24. The Kier molecular flexibility index (Phi) is 11.0. The average molecular weight is 730 g/mol. The van der Waals surface area contributed by atoms with Crippen LogP contribution in [0.4, 0.5) is 20.2 Å². The van der Waals surface area contributed by atoms with Gasteiger partial charge in [-0.25, -0.2) is 35.2 Å². The molecule has 4 N–H and O–H groups in total. The van der Waals surface area contributed by atoms with Gasteiger partial charge in [-0.1, -0.05) is 30.3 Å². The van der Waals surface area contributed by atoms with Crippen LogP contribution in [0.2, 0.25) is 0 Å². The number of sulfonamides is 2. The van der Waals surface area contributed by atoms with E-state index in [1.807, 2.05) is 4.90 Å². The Labute approximate surface area is 287 Å². The van der Waals surface area contributed by atoms with E-state index < -0.39 is 43.6 Å². The van der Waals surface area contributed by atoms with Crippen molar-refractivity contribution >= 4 is 43.4 Å². The quantitative estimate of drug-likeness (QED) is 0.127. The molecule has 0 aromatic heterocycles. The largest absolute Gasteiger partial charge is 0.488 e. The number of benzene rings is 4. The second-order valence-corrected chi connectivity index (χ2v) is 15.4. The molecule has 5 rings (SSSR count). The number of hydrogen-bond acceptors (Lipinski definition) is 8. The van der Waals surface area contributed by atoms with Crippen molar-refractivity contribution in [2.45, 2.75) is 25.5 Å². The molecule has 0 bridgehead atoms. The maximum Gasteiger partial charge on any atom is 0.337 e. The second kappa shape index (κ2) is 15.2. The van der Waals surface area contributed by atoms with E-state index in [0.29, 0.717) is 36.3 Å². The number of aryl methyl sites for hydroxylation is 2. The summed E-state index contributed by atoms with van der Waals surface area (Å²) in [6, 6.07) is 19.2. The van der Waals surface area contributed by atoms with E-state index in [9.17, 15) is 45.4 Å². The average Bonchev–Trinajstić information content (AvgIpc) is 3.04. The van der Waals surface area contributed by atoms with Gasteiger partial charge in [0.05, 0.1) is 34.0 Å². The zero-order chi connectivity index (χ0) is 36.1. The van der Waals surface area contributed by atoms with E-state index in [4.69, 9.17) is 4.74 Å². The van der Waals surface area contributed by atoms with Gasteiger partial charge in [0.2, 0.25) is 20.0 Å². The topological polar surface area (TPSA) is 179 Å². The molecule has 1 aliphatic rings. The highest BCUT2D eigenvalue weighted by Crippen LogP contribution is 2.27. The SMILES string of the molecule is O=C(O)c1cc(CN2CC(Oc3ccc(NS(=O)(=O)CCc4ccc(F)cc4)c(C(=O)O)c3)C2)ccc1NS(=O)(=O)CCc1ccc(F)cc1. The monoisotopic (exact) mass is 729 g/mol. The lowest BCUT2D eigenvalue weighted by Crippen LogP contribution is -2.53. The summed E-state index contributed by atoms with van der Waals surface area (Å²) in [5.74, 6) is -4.04. The summed E-state index contributed by atoms with van der Waals surface area (Å²) in [5.41, 5.74) is 1.07. The van der Waals surface area contributed by atoms with E-state index in [2.05, 4.69) is 9.44 Å². The van der Waals surface area contributed by atoms with Crippen molar-refractivity contribution in [1.29, 1.82) is 0 Å². The summed E-state index contributed by atoms with van der Waals surface area (Å²) in [4.78, 5) is 25.9. The van der Waals surface area contributed by atoms with Gasteiger partial charge in [0, 0.05) is 19.6 Å². The molecule has 4 aromatic carbocycles. The van der Waals surface area contributed by atoms with Crippen molar-refractivity contribution < 1.29 is 50.2 Å². The lowest BCUT2D eigenvalue weighted by Gasteiger charge is -2.39. The van der Waals surface area contributed by atoms with Crippen molar-refractivity contribution in [1.82, 2.24) is 4.90 Å². The number of hydrogen-bond donors (Lipinski definition) is 4. The molecule has 12 nitrogen and oxygen atoms in total. The smallest absolute Gasteiger partial charge is 0.337 e.